The molecule has 0 aromatic carbocycles. The summed E-state index contributed by atoms with van der Waals surface area (Å²) in [6.45, 7) is 7.70. The van der Waals surface area contributed by atoms with Gasteiger partial charge in [0.25, 0.3) is 0 Å². The van der Waals surface area contributed by atoms with Crippen LogP contribution in [0.25, 0.3) is 0 Å². The summed E-state index contributed by atoms with van der Waals surface area (Å²) in [5.74, 6) is 1.19. The van der Waals surface area contributed by atoms with Crippen LogP contribution in [0.15, 0.2) is 4.99 Å². The summed E-state index contributed by atoms with van der Waals surface area (Å²) in [6, 6.07) is 0. The monoisotopic (exact) mass is 214 g/mol. The molecule has 0 atom stereocenters. The van der Waals surface area contributed by atoms with E-state index in [1.807, 2.05) is 11.8 Å². The first-order chi connectivity index (χ1) is 6.76. The largest absolute Gasteiger partial charge is 0.359 e. The van der Waals surface area contributed by atoms with E-state index in [-0.39, 0.29) is 0 Å². The minimum Gasteiger partial charge on any atom is -0.359 e. The number of aliphatic imine (C=N–C) groups is 1. The minimum absolute atomic E-state index is 0.329. The van der Waals surface area contributed by atoms with E-state index in [1.165, 1.54) is 36.6 Å². The molecule has 1 rings (SSSR count). The van der Waals surface area contributed by atoms with Crippen molar-refractivity contribution in [3.8, 4) is 0 Å². The fraction of sp³-hybridized carbons (Fsp3) is 0.909. The van der Waals surface area contributed by atoms with Crippen LogP contribution in [0, 0.1) is 0 Å². The van der Waals surface area contributed by atoms with Crippen LogP contribution in [0.3, 0.4) is 0 Å². The highest BCUT2D eigenvalue weighted by molar-refractivity contribution is 8.14. The summed E-state index contributed by atoms with van der Waals surface area (Å²) in [4.78, 5) is 4.57. The molecule has 0 aromatic heterocycles. The Morgan fingerprint density at radius 3 is 2.57 bits per heavy atom. The minimum atomic E-state index is 0.329. The number of nitrogens with zero attached hydrogens (tertiary/aromatic N) is 1. The van der Waals surface area contributed by atoms with E-state index in [0.29, 0.717) is 5.54 Å². The van der Waals surface area contributed by atoms with E-state index in [1.54, 1.807) is 0 Å². The van der Waals surface area contributed by atoms with Crippen LogP contribution in [0.5, 0.6) is 0 Å². The summed E-state index contributed by atoms with van der Waals surface area (Å²) >= 11 is 1.89. The molecule has 0 aromatic rings. The second-order valence-electron chi connectivity index (χ2n) is 3.94. The lowest BCUT2D eigenvalue weighted by Crippen LogP contribution is -2.42. The standard InChI is InChI=1S/C11H22N2S/c1-4-7-8-12-10-13-11(5-2,6-3)9-14-10/h4-9H2,1-3H3,(H,12,13). The molecule has 1 saturated heterocycles. The Morgan fingerprint density at radius 2 is 2.07 bits per heavy atom. The number of nitrogens with one attached hydrogen (secondary N) is 1. The highest BCUT2D eigenvalue weighted by atomic mass is 32.2. The van der Waals surface area contributed by atoms with Crippen molar-refractivity contribution in [1.29, 1.82) is 0 Å². The van der Waals surface area contributed by atoms with Gasteiger partial charge in [0.1, 0.15) is 0 Å². The van der Waals surface area contributed by atoms with E-state index >= 15 is 0 Å². The molecule has 1 heterocycles. The van der Waals surface area contributed by atoms with E-state index in [4.69, 9.17) is 0 Å². The molecular formula is C11H22N2S. The fourth-order valence-corrected chi connectivity index (χ4v) is 2.92. The van der Waals surface area contributed by atoms with E-state index in [0.717, 1.165) is 6.54 Å². The van der Waals surface area contributed by atoms with Crippen LogP contribution >= 0.6 is 11.8 Å². The zero-order valence-corrected chi connectivity index (χ0v) is 10.4. The normalized spacial score (nSPS) is 22.6. The molecule has 0 spiro atoms. The first-order valence-electron chi connectivity index (χ1n) is 5.71. The Labute approximate surface area is 92.0 Å². The van der Waals surface area contributed by atoms with Crippen molar-refractivity contribution < 1.29 is 0 Å². The van der Waals surface area contributed by atoms with Gasteiger partial charge < -0.3 is 5.32 Å². The topological polar surface area (TPSA) is 24.4 Å². The van der Waals surface area contributed by atoms with Crippen molar-refractivity contribution in [2.24, 2.45) is 4.99 Å². The molecule has 0 radical (unpaired) electrons. The molecule has 3 heteroatoms. The molecule has 0 unspecified atom stereocenters. The first-order valence-corrected chi connectivity index (χ1v) is 6.70. The Morgan fingerprint density at radius 1 is 1.36 bits per heavy atom. The van der Waals surface area contributed by atoms with Gasteiger partial charge in [0, 0.05) is 17.8 Å². The van der Waals surface area contributed by atoms with Gasteiger partial charge in [0.15, 0.2) is 5.17 Å². The fourth-order valence-electron chi connectivity index (χ4n) is 1.56. The molecule has 1 N–H and O–H groups in total. The van der Waals surface area contributed by atoms with Crippen molar-refractivity contribution in [3.05, 3.63) is 0 Å². The number of rotatable bonds is 5. The zero-order chi connectivity index (χ0) is 10.4. The summed E-state index contributed by atoms with van der Waals surface area (Å²) in [5, 5.41) is 4.74. The number of unbranched alkanes of at least 4 members (excludes halogenated alkanes) is 1. The summed E-state index contributed by atoms with van der Waals surface area (Å²) < 4.78 is 0. The van der Waals surface area contributed by atoms with Crippen molar-refractivity contribution in [3.63, 3.8) is 0 Å². The second kappa shape index (κ2) is 5.64. The predicted molar refractivity (Wildman–Crippen MR) is 66.1 cm³/mol. The molecule has 82 valence electrons. The molecular weight excluding hydrogens is 192 g/mol. The third kappa shape index (κ3) is 2.91. The molecule has 0 saturated carbocycles. The lowest BCUT2D eigenvalue weighted by atomic mass is 9.96. The average molecular weight is 214 g/mol. The van der Waals surface area contributed by atoms with Crippen LogP contribution in [0.2, 0.25) is 0 Å². The number of hydrogen-bond acceptors (Lipinski definition) is 2. The first kappa shape index (κ1) is 11.9. The smallest absolute Gasteiger partial charge is 0.157 e. The van der Waals surface area contributed by atoms with Gasteiger partial charge in [-0.25, -0.2) is 0 Å². The lowest BCUT2D eigenvalue weighted by molar-refractivity contribution is 0.407. The van der Waals surface area contributed by atoms with Gasteiger partial charge in [-0.05, 0) is 19.3 Å². The van der Waals surface area contributed by atoms with Gasteiger partial charge in [-0.1, -0.05) is 39.0 Å². The Hall–Kier alpha value is -0.180. The van der Waals surface area contributed by atoms with Crippen molar-refractivity contribution in [2.75, 3.05) is 12.3 Å². The maximum Gasteiger partial charge on any atom is 0.157 e. The summed E-state index contributed by atoms with van der Waals surface area (Å²) in [7, 11) is 0. The van der Waals surface area contributed by atoms with E-state index in [2.05, 4.69) is 31.1 Å². The number of amidine groups is 1. The van der Waals surface area contributed by atoms with Gasteiger partial charge in [-0.15, -0.1) is 0 Å². The molecule has 0 amide bonds. The Balaban J connectivity index is 2.43. The SMILES string of the molecule is CCCCN=C1NC(CC)(CC)CS1. The molecule has 0 aliphatic carbocycles. The molecule has 1 aliphatic heterocycles. The zero-order valence-electron chi connectivity index (χ0n) is 9.60. The predicted octanol–water partition coefficient (Wildman–Crippen LogP) is 3.04. The second-order valence-corrected chi connectivity index (χ2v) is 4.91. The molecule has 1 aliphatic rings. The van der Waals surface area contributed by atoms with Gasteiger partial charge in [0.05, 0.1) is 0 Å². The Bertz CT molecular complexity index is 197. The maximum atomic E-state index is 4.57. The highest BCUT2D eigenvalue weighted by Crippen LogP contribution is 2.28. The summed E-state index contributed by atoms with van der Waals surface area (Å²) in [6.07, 6.45) is 4.83. The van der Waals surface area contributed by atoms with E-state index < -0.39 is 0 Å². The third-order valence-electron chi connectivity index (χ3n) is 2.98. The maximum absolute atomic E-state index is 4.57. The van der Waals surface area contributed by atoms with Crippen LogP contribution in [-0.4, -0.2) is 23.0 Å². The quantitative estimate of drug-likeness (QED) is 0.711. The van der Waals surface area contributed by atoms with Crippen LogP contribution in [0.4, 0.5) is 0 Å². The Kier molecular flexibility index (Phi) is 4.79. The highest BCUT2D eigenvalue weighted by Gasteiger charge is 2.33. The third-order valence-corrected chi connectivity index (χ3v) is 4.18. The molecule has 1 fully saturated rings. The average Bonchev–Trinajstić information content (AvgIpc) is 2.63. The van der Waals surface area contributed by atoms with Crippen LogP contribution in [-0.2, 0) is 0 Å². The van der Waals surface area contributed by atoms with Gasteiger partial charge in [-0.3, -0.25) is 4.99 Å². The molecule has 14 heavy (non-hydrogen) atoms. The van der Waals surface area contributed by atoms with Gasteiger partial charge >= 0.3 is 0 Å². The van der Waals surface area contributed by atoms with Gasteiger partial charge in [0.2, 0.25) is 0 Å². The van der Waals surface area contributed by atoms with Gasteiger partial charge in [-0.2, -0.15) is 0 Å². The molecule has 2 nitrogen and oxygen atoms in total. The number of hydrogen-bond donors (Lipinski definition) is 1. The summed E-state index contributed by atoms with van der Waals surface area (Å²) in [5.41, 5.74) is 0.329. The van der Waals surface area contributed by atoms with Crippen LogP contribution in [0.1, 0.15) is 46.5 Å². The van der Waals surface area contributed by atoms with Crippen molar-refractivity contribution >= 4 is 16.9 Å². The lowest BCUT2D eigenvalue weighted by Gasteiger charge is -2.25. The van der Waals surface area contributed by atoms with E-state index in [9.17, 15) is 0 Å². The number of thioether (sulfide) groups is 1. The van der Waals surface area contributed by atoms with Crippen LogP contribution < -0.4 is 5.32 Å². The molecule has 0 bridgehead atoms. The van der Waals surface area contributed by atoms with Crippen molar-refractivity contribution in [1.82, 2.24) is 5.32 Å². The van der Waals surface area contributed by atoms with Crippen molar-refractivity contribution in [2.45, 2.75) is 52.0 Å².